The molecule has 4 nitrogen and oxygen atoms in total. The van der Waals surface area contributed by atoms with Gasteiger partial charge in [-0.05, 0) is 31.7 Å². The van der Waals surface area contributed by atoms with Gasteiger partial charge in [-0.15, -0.1) is 0 Å². The summed E-state index contributed by atoms with van der Waals surface area (Å²) in [4.78, 5) is 13.8. The van der Waals surface area contributed by atoms with E-state index in [1.807, 2.05) is 0 Å². The molecule has 1 fully saturated rings. The molecule has 0 spiro atoms. The number of esters is 1. The molecule has 1 heterocycles. The summed E-state index contributed by atoms with van der Waals surface area (Å²) >= 11 is 0. The third-order valence-electron chi connectivity index (χ3n) is 3.45. The van der Waals surface area contributed by atoms with Crippen molar-refractivity contribution in [3.63, 3.8) is 0 Å². The maximum absolute atomic E-state index is 11.7. The van der Waals surface area contributed by atoms with Gasteiger partial charge < -0.3 is 9.47 Å². The molecule has 18 heavy (non-hydrogen) atoms. The summed E-state index contributed by atoms with van der Waals surface area (Å²) in [5.41, 5.74) is 0. The Morgan fingerprint density at radius 2 is 2.11 bits per heavy atom. The van der Waals surface area contributed by atoms with Gasteiger partial charge in [0.25, 0.3) is 0 Å². The highest BCUT2D eigenvalue weighted by Gasteiger charge is 2.28. The van der Waals surface area contributed by atoms with Crippen molar-refractivity contribution in [1.29, 1.82) is 0 Å². The number of nitrogens with zero attached hydrogens (tertiary/aromatic N) is 1. The summed E-state index contributed by atoms with van der Waals surface area (Å²) in [6, 6.07) is -0.0579. The molecule has 1 aliphatic rings. The number of hydrogen-bond donors (Lipinski definition) is 0. The van der Waals surface area contributed by atoms with Crippen molar-refractivity contribution < 1.29 is 14.3 Å². The Kier molecular flexibility index (Phi) is 7.28. The van der Waals surface area contributed by atoms with Gasteiger partial charge in [-0.25, -0.2) is 0 Å². The highest BCUT2D eigenvalue weighted by atomic mass is 16.5. The van der Waals surface area contributed by atoms with E-state index in [0.29, 0.717) is 12.5 Å². The fourth-order valence-electron chi connectivity index (χ4n) is 2.26. The molecule has 106 valence electrons. The molecular weight excluding hydrogens is 230 g/mol. The van der Waals surface area contributed by atoms with Gasteiger partial charge >= 0.3 is 5.97 Å². The summed E-state index contributed by atoms with van der Waals surface area (Å²) in [5, 5.41) is 0. The van der Waals surface area contributed by atoms with Gasteiger partial charge in [0.05, 0.1) is 13.7 Å². The number of likely N-dealkylation sites (tertiary alicyclic amines) is 1. The van der Waals surface area contributed by atoms with E-state index >= 15 is 0 Å². The minimum absolute atomic E-state index is 0.0579. The van der Waals surface area contributed by atoms with Gasteiger partial charge in [-0.3, -0.25) is 9.69 Å². The van der Waals surface area contributed by atoms with Gasteiger partial charge in [0.1, 0.15) is 6.04 Å². The minimum atomic E-state index is -0.100. The average molecular weight is 257 g/mol. The monoisotopic (exact) mass is 257 g/mol. The second-order valence-electron chi connectivity index (χ2n) is 5.37. The number of carbonyl (C=O) groups excluding carboxylic acids is 1. The van der Waals surface area contributed by atoms with Crippen LogP contribution in [-0.2, 0) is 14.3 Å². The summed E-state index contributed by atoms with van der Waals surface area (Å²) in [6.45, 7) is 7.72. The van der Waals surface area contributed by atoms with Gasteiger partial charge in [0, 0.05) is 13.2 Å². The molecule has 1 saturated heterocycles. The molecule has 0 N–H and O–H groups in total. The van der Waals surface area contributed by atoms with E-state index in [2.05, 4.69) is 18.7 Å². The fraction of sp³-hybridized carbons (Fsp3) is 0.929. The normalized spacial score (nSPS) is 21.2. The molecule has 0 aromatic rings. The van der Waals surface area contributed by atoms with Crippen LogP contribution in [0.15, 0.2) is 0 Å². The number of rotatable bonds is 7. The van der Waals surface area contributed by atoms with Gasteiger partial charge in [0.15, 0.2) is 0 Å². The Morgan fingerprint density at radius 1 is 1.33 bits per heavy atom. The van der Waals surface area contributed by atoms with Crippen LogP contribution >= 0.6 is 0 Å². The molecule has 0 aromatic heterocycles. The fourth-order valence-corrected chi connectivity index (χ4v) is 2.26. The molecule has 0 radical (unpaired) electrons. The van der Waals surface area contributed by atoms with Crippen molar-refractivity contribution in [3.05, 3.63) is 0 Å². The number of carbonyl (C=O) groups is 1. The summed E-state index contributed by atoms with van der Waals surface area (Å²) in [6.07, 6.45) is 4.29. The quantitative estimate of drug-likeness (QED) is 0.517. The zero-order chi connectivity index (χ0) is 13.4. The first-order valence-electron chi connectivity index (χ1n) is 7.04. The van der Waals surface area contributed by atoms with E-state index in [0.717, 1.165) is 39.0 Å². The summed E-state index contributed by atoms with van der Waals surface area (Å²) in [5.74, 6) is 0.583. The lowest BCUT2D eigenvalue weighted by Gasteiger charge is -2.33. The van der Waals surface area contributed by atoms with E-state index in [9.17, 15) is 4.79 Å². The van der Waals surface area contributed by atoms with Crippen LogP contribution in [-0.4, -0.2) is 50.3 Å². The predicted octanol–water partition coefficient (Wildman–Crippen LogP) is 2.08. The Morgan fingerprint density at radius 3 is 2.78 bits per heavy atom. The van der Waals surface area contributed by atoms with E-state index in [1.165, 1.54) is 13.5 Å². The third-order valence-corrected chi connectivity index (χ3v) is 3.45. The van der Waals surface area contributed by atoms with Crippen LogP contribution in [0.3, 0.4) is 0 Å². The SMILES string of the molecule is COC(=O)C1CCCCN1CCOCCC(C)C. The molecule has 0 saturated carbocycles. The highest BCUT2D eigenvalue weighted by Crippen LogP contribution is 2.17. The smallest absolute Gasteiger partial charge is 0.323 e. The average Bonchev–Trinajstić information content (AvgIpc) is 2.37. The lowest BCUT2D eigenvalue weighted by molar-refractivity contribution is -0.148. The molecule has 0 aromatic carbocycles. The molecule has 4 heteroatoms. The summed E-state index contributed by atoms with van der Waals surface area (Å²) in [7, 11) is 1.47. The molecule has 0 bridgehead atoms. The molecule has 1 aliphatic heterocycles. The highest BCUT2D eigenvalue weighted by molar-refractivity contribution is 5.75. The van der Waals surface area contributed by atoms with Crippen molar-refractivity contribution in [2.24, 2.45) is 5.92 Å². The number of piperidine rings is 1. The molecule has 0 amide bonds. The number of ether oxygens (including phenoxy) is 2. The Hall–Kier alpha value is -0.610. The standard InChI is InChI=1S/C14H27NO3/c1-12(2)7-10-18-11-9-15-8-5-4-6-13(15)14(16)17-3/h12-13H,4-11H2,1-3H3. The van der Waals surface area contributed by atoms with Crippen LogP contribution < -0.4 is 0 Å². The lowest BCUT2D eigenvalue weighted by Crippen LogP contribution is -2.46. The molecule has 1 atom stereocenters. The van der Waals surface area contributed by atoms with E-state index in [4.69, 9.17) is 9.47 Å². The first kappa shape index (κ1) is 15.4. The van der Waals surface area contributed by atoms with Crippen LogP contribution in [0.4, 0.5) is 0 Å². The van der Waals surface area contributed by atoms with E-state index < -0.39 is 0 Å². The molecule has 1 rings (SSSR count). The molecular formula is C14H27NO3. The van der Waals surface area contributed by atoms with Crippen LogP contribution in [0.2, 0.25) is 0 Å². The van der Waals surface area contributed by atoms with E-state index in [-0.39, 0.29) is 12.0 Å². The summed E-state index contributed by atoms with van der Waals surface area (Å²) < 4.78 is 10.5. The van der Waals surface area contributed by atoms with Crippen molar-refractivity contribution in [2.45, 2.75) is 45.6 Å². The van der Waals surface area contributed by atoms with Crippen LogP contribution in [0, 0.1) is 5.92 Å². The second-order valence-corrected chi connectivity index (χ2v) is 5.37. The van der Waals surface area contributed by atoms with Crippen LogP contribution in [0.5, 0.6) is 0 Å². The first-order valence-corrected chi connectivity index (χ1v) is 7.04. The maximum Gasteiger partial charge on any atom is 0.323 e. The Bertz CT molecular complexity index is 243. The predicted molar refractivity (Wildman–Crippen MR) is 71.5 cm³/mol. The minimum Gasteiger partial charge on any atom is -0.468 e. The zero-order valence-corrected chi connectivity index (χ0v) is 12.0. The second kappa shape index (κ2) is 8.48. The lowest BCUT2D eigenvalue weighted by atomic mass is 10.0. The number of hydrogen-bond acceptors (Lipinski definition) is 4. The maximum atomic E-state index is 11.7. The largest absolute Gasteiger partial charge is 0.468 e. The van der Waals surface area contributed by atoms with Gasteiger partial charge in [0.2, 0.25) is 0 Å². The third kappa shape index (κ3) is 5.36. The zero-order valence-electron chi connectivity index (χ0n) is 12.0. The Labute approximate surface area is 111 Å². The van der Waals surface area contributed by atoms with Crippen molar-refractivity contribution in [1.82, 2.24) is 4.90 Å². The van der Waals surface area contributed by atoms with E-state index in [1.54, 1.807) is 0 Å². The van der Waals surface area contributed by atoms with Crippen molar-refractivity contribution in [3.8, 4) is 0 Å². The van der Waals surface area contributed by atoms with Crippen molar-refractivity contribution >= 4 is 5.97 Å². The number of methoxy groups -OCH3 is 1. The molecule has 1 unspecified atom stereocenters. The van der Waals surface area contributed by atoms with Gasteiger partial charge in [-0.1, -0.05) is 20.3 Å². The Balaban J connectivity index is 2.23. The van der Waals surface area contributed by atoms with Gasteiger partial charge in [-0.2, -0.15) is 0 Å². The van der Waals surface area contributed by atoms with Crippen LogP contribution in [0.1, 0.15) is 39.5 Å². The van der Waals surface area contributed by atoms with Crippen molar-refractivity contribution in [2.75, 3.05) is 33.4 Å². The first-order chi connectivity index (χ1) is 8.65. The molecule has 0 aliphatic carbocycles. The van der Waals surface area contributed by atoms with Crippen LogP contribution in [0.25, 0.3) is 0 Å². The topological polar surface area (TPSA) is 38.8 Å².